The van der Waals surface area contributed by atoms with Crippen LogP contribution in [0.1, 0.15) is 5.56 Å². The summed E-state index contributed by atoms with van der Waals surface area (Å²) in [5, 5.41) is 1.10. The first kappa shape index (κ1) is 16.9. The quantitative estimate of drug-likeness (QED) is 0.500. The minimum atomic E-state index is 0. The molecule has 0 saturated carbocycles. The molecule has 0 fully saturated rings. The third-order valence-electron chi connectivity index (χ3n) is 3.01. The second kappa shape index (κ2) is 7.62. The third-order valence-corrected chi connectivity index (χ3v) is 3.01. The van der Waals surface area contributed by atoms with Gasteiger partial charge in [-0.2, -0.15) is 0 Å². The van der Waals surface area contributed by atoms with Crippen LogP contribution in [0.3, 0.4) is 0 Å². The second-order valence-electron chi connectivity index (χ2n) is 4.25. The van der Waals surface area contributed by atoms with Crippen LogP contribution in [0, 0.1) is 7.05 Å². The normalized spacial score (nSPS) is 9.60. The molecule has 0 aliphatic carbocycles. The van der Waals surface area contributed by atoms with Gasteiger partial charge < -0.3 is 26.3 Å². The maximum atomic E-state index is 5.88. The first-order valence-electron chi connectivity index (χ1n) is 5.92. The van der Waals surface area contributed by atoms with Crippen molar-refractivity contribution in [3.63, 3.8) is 0 Å². The van der Waals surface area contributed by atoms with Gasteiger partial charge in [0.15, 0.2) is 0 Å². The number of nitrogens with zero attached hydrogens (tertiary/aromatic N) is 1. The number of hydrogen-bond donors (Lipinski definition) is 0. The Morgan fingerprint density at radius 2 is 1.70 bits per heavy atom. The number of rotatable bonds is 3. The summed E-state index contributed by atoms with van der Waals surface area (Å²) in [6.07, 6.45) is 1.94. The van der Waals surface area contributed by atoms with Gasteiger partial charge in [0.1, 0.15) is 12.4 Å². The van der Waals surface area contributed by atoms with Crippen molar-refractivity contribution in [2.24, 2.45) is 0 Å². The van der Waals surface area contributed by atoms with Gasteiger partial charge in [-0.1, -0.05) is 48.0 Å². The summed E-state index contributed by atoms with van der Waals surface area (Å²) < 4.78 is 7.73. The van der Waals surface area contributed by atoms with Gasteiger partial charge in [0.25, 0.3) is 0 Å². The number of halogens is 1. The minimum Gasteiger partial charge on any atom is -1.00 e. The predicted octanol–water partition coefficient (Wildman–Crippen LogP) is 0.483. The van der Waals surface area contributed by atoms with Gasteiger partial charge in [-0.3, -0.25) is 0 Å². The van der Waals surface area contributed by atoms with Gasteiger partial charge in [-0.05, 0) is 17.0 Å². The zero-order chi connectivity index (χ0) is 12.4. The van der Waals surface area contributed by atoms with Crippen LogP contribution in [0.2, 0.25) is 0 Å². The number of benzene rings is 2. The van der Waals surface area contributed by atoms with E-state index in [0.29, 0.717) is 6.61 Å². The molecule has 1 heterocycles. The topological polar surface area (TPSA) is 14.2 Å². The summed E-state index contributed by atoms with van der Waals surface area (Å²) in [6, 6.07) is 18.2. The molecule has 0 saturated heterocycles. The van der Waals surface area contributed by atoms with Crippen LogP contribution in [0.25, 0.3) is 10.9 Å². The van der Waals surface area contributed by atoms with Gasteiger partial charge >= 0.3 is 23.1 Å². The molecule has 1 aromatic heterocycles. The maximum absolute atomic E-state index is 5.88. The van der Waals surface area contributed by atoms with Crippen LogP contribution >= 0.6 is 0 Å². The van der Waals surface area contributed by atoms with Crippen LogP contribution < -0.4 is 21.7 Å². The van der Waals surface area contributed by atoms with Crippen LogP contribution in [0.15, 0.2) is 60.8 Å². The van der Waals surface area contributed by atoms with Crippen molar-refractivity contribution >= 4 is 34.0 Å². The molecule has 0 N–H and O–H groups in total. The number of ether oxygens (including phenoxy) is 1. The summed E-state index contributed by atoms with van der Waals surface area (Å²) >= 11 is 0. The molecule has 0 amide bonds. The molecular formula is C16H14BrMgNO. The maximum Gasteiger partial charge on any atom is 2.00 e. The fraction of sp³-hybridized carbons (Fsp3) is 0.0625. The molecule has 0 atom stereocenters. The molecule has 0 bridgehead atoms. The summed E-state index contributed by atoms with van der Waals surface area (Å²) in [5.41, 5.74) is 2.25. The van der Waals surface area contributed by atoms with E-state index in [1.807, 2.05) is 53.2 Å². The number of hydrogen-bond acceptors (Lipinski definition) is 1. The molecule has 2 nitrogen and oxygen atoms in total. The molecule has 3 aromatic rings. The summed E-state index contributed by atoms with van der Waals surface area (Å²) in [5.74, 6) is 0.902. The van der Waals surface area contributed by atoms with E-state index >= 15 is 0 Å². The average Bonchev–Trinajstić information content (AvgIpc) is 2.80. The Bertz CT molecular complexity index is 667. The summed E-state index contributed by atoms with van der Waals surface area (Å²) in [4.78, 5) is 0. The largest absolute Gasteiger partial charge is 2.00 e. The van der Waals surface area contributed by atoms with E-state index in [0.717, 1.165) is 16.7 Å². The Morgan fingerprint density at radius 3 is 2.45 bits per heavy atom. The smallest absolute Gasteiger partial charge is 1.00 e. The van der Waals surface area contributed by atoms with Crippen molar-refractivity contribution in [1.29, 1.82) is 0 Å². The van der Waals surface area contributed by atoms with Crippen molar-refractivity contribution in [1.82, 2.24) is 4.57 Å². The number of aromatic nitrogens is 1. The average molecular weight is 341 g/mol. The molecule has 4 heteroatoms. The molecule has 2 aromatic carbocycles. The van der Waals surface area contributed by atoms with E-state index in [9.17, 15) is 0 Å². The molecule has 98 valence electrons. The fourth-order valence-electron chi connectivity index (χ4n) is 2.06. The molecule has 3 rings (SSSR count). The van der Waals surface area contributed by atoms with Gasteiger partial charge in [0.2, 0.25) is 0 Å². The Kier molecular flexibility index (Phi) is 6.46. The zero-order valence-corrected chi connectivity index (χ0v) is 14.1. The first-order chi connectivity index (χ1) is 8.84. The molecule has 20 heavy (non-hydrogen) atoms. The van der Waals surface area contributed by atoms with Crippen LogP contribution in [0.5, 0.6) is 5.75 Å². The standard InChI is InChI=1S/C16H14NO.BrH.Mg/c1-17-11-10-14-15(17)8-5-9-16(14)18-12-13-6-3-2-4-7-13;;/h2-11H,1,12H2;1H;/q-1;;+2/p-1. The first-order valence-corrected chi connectivity index (χ1v) is 5.92. The van der Waals surface area contributed by atoms with Gasteiger partial charge in [0, 0.05) is 0 Å². The molecule has 0 aliphatic heterocycles. The predicted molar refractivity (Wildman–Crippen MR) is 79.2 cm³/mol. The van der Waals surface area contributed by atoms with Crippen LogP contribution in [-0.4, -0.2) is 27.6 Å². The SMILES string of the molecule is [Br-].[CH2-]n1ccc2c(OCc3ccccc3)cccc21.[Mg+2]. The molecule has 0 spiro atoms. The van der Waals surface area contributed by atoms with Crippen LogP contribution in [-0.2, 0) is 6.61 Å². The molecular weight excluding hydrogens is 326 g/mol. The third kappa shape index (κ3) is 3.51. The van der Waals surface area contributed by atoms with E-state index in [-0.39, 0.29) is 40.0 Å². The van der Waals surface area contributed by atoms with Crippen molar-refractivity contribution in [3.8, 4) is 5.75 Å². The second-order valence-corrected chi connectivity index (χ2v) is 4.25. The summed E-state index contributed by atoms with van der Waals surface area (Å²) in [7, 11) is 3.93. The van der Waals surface area contributed by atoms with E-state index in [4.69, 9.17) is 4.74 Å². The Morgan fingerprint density at radius 1 is 0.950 bits per heavy atom. The minimum absolute atomic E-state index is 0. The van der Waals surface area contributed by atoms with Gasteiger partial charge in [0.05, 0.1) is 0 Å². The van der Waals surface area contributed by atoms with E-state index in [1.165, 1.54) is 5.56 Å². The van der Waals surface area contributed by atoms with Crippen molar-refractivity contribution in [2.75, 3.05) is 0 Å². The monoisotopic (exact) mass is 339 g/mol. The van der Waals surface area contributed by atoms with Crippen molar-refractivity contribution < 1.29 is 21.7 Å². The van der Waals surface area contributed by atoms with Crippen molar-refractivity contribution in [2.45, 2.75) is 6.61 Å². The number of fused-ring (bicyclic) bond motifs is 1. The van der Waals surface area contributed by atoms with E-state index < -0.39 is 0 Å². The zero-order valence-electron chi connectivity index (χ0n) is 11.1. The van der Waals surface area contributed by atoms with Gasteiger partial charge in [-0.15, -0.1) is 19.3 Å². The van der Waals surface area contributed by atoms with E-state index in [2.05, 4.69) is 19.2 Å². The molecule has 0 unspecified atom stereocenters. The van der Waals surface area contributed by atoms with E-state index in [1.54, 1.807) is 0 Å². The van der Waals surface area contributed by atoms with Crippen LogP contribution in [0.4, 0.5) is 0 Å². The van der Waals surface area contributed by atoms with Crippen molar-refractivity contribution in [3.05, 3.63) is 73.4 Å². The van der Waals surface area contributed by atoms with Gasteiger partial charge in [-0.25, -0.2) is 0 Å². The Labute approximate surface area is 145 Å². The summed E-state index contributed by atoms with van der Waals surface area (Å²) in [6.45, 7) is 0.586. The Balaban J connectivity index is 0.000001000. The fourth-order valence-corrected chi connectivity index (χ4v) is 2.06. The Hall–Kier alpha value is -1.10. The molecule has 0 radical (unpaired) electrons. The molecule has 0 aliphatic rings.